The minimum atomic E-state index is -0.635. The molecule has 146 valence electrons. The lowest BCUT2D eigenvalue weighted by Gasteiger charge is -2.16. The van der Waals surface area contributed by atoms with Crippen LogP contribution < -0.4 is 18.9 Å². The van der Waals surface area contributed by atoms with Gasteiger partial charge < -0.3 is 18.9 Å². The van der Waals surface area contributed by atoms with E-state index in [-0.39, 0.29) is 17.5 Å². The van der Waals surface area contributed by atoms with E-state index in [9.17, 15) is 9.59 Å². The lowest BCUT2D eigenvalue weighted by atomic mass is 9.97. The number of carbonyl (C=O) groups excluding carboxylic acids is 2. The van der Waals surface area contributed by atoms with Gasteiger partial charge >= 0.3 is 5.97 Å². The first-order valence-electron chi connectivity index (χ1n) is 8.76. The molecule has 1 aliphatic rings. The fourth-order valence-electron chi connectivity index (χ4n) is 2.66. The summed E-state index contributed by atoms with van der Waals surface area (Å²) in [5.74, 6) is 1.26. The van der Waals surface area contributed by atoms with E-state index in [0.29, 0.717) is 34.1 Å². The van der Waals surface area contributed by atoms with Crippen molar-refractivity contribution in [2.24, 2.45) is 5.41 Å². The van der Waals surface area contributed by atoms with Crippen molar-refractivity contribution in [3.05, 3.63) is 53.3 Å². The largest absolute Gasteiger partial charge is 0.493 e. The summed E-state index contributed by atoms with van der Waals surface area (Å²) in [5, 5.41) is 0. The van der Waals surface area contributed by atoms with E-state index < -0.39 is 5.41 Å². The third-order valence-electron chi connectivity index (χ3n) is 4.18. The second kappa shape index (κ2) is 7.38. The van der Waals surface area contributed by atoms with Crippen LogP contribution in [0.5, 0.6) is 23.0 Å². The van der Waals surface area contributed by atoms with Gasteiger partial charge in [-0.3, -0.25) is 9.59 Å². The van der Waals surface area contributed by atoms with Crippen molar-refractivity contribution in [3.8, 4) is 23.0 Å². The quantitative estimate of drug-likeness (QED) is 0.447. The molecular weight excluding hydrogens is 360 g/mol. The zero-order valence-electron chi connectivity index (χ0n) is 16.5. The molecule has 0 radical (unpaired) electrons. The molecule has 0 bridgehead atoms. The molecule has 6 nitrogen and oxygen atoms in total. The van der Waals surface area contributed by atoms with E-state index in [1.54, 1.807) is 70.4 Å². The van der Waals surface area contributed by atoms with Crippen LogP contribution >= 0.6 is 0 Å². The molecule has 0 saturated heterocycles. The number of hydrogen-bond donors (Lipinski definition) is 0. The van der Waals surface area contributed by atoms with E-state index in [2.05, 4.69) is 0 Å². The summed E-state index contributed by atoms with van der Waals surface area (Å²) in [6.45, 7) is 5.31. The predicted octanol–water partition coefficient (Wildman–Crippen LogP) is 4.27. The highest BCUT2D eigenvalue weighted by Crippen LogP contribution is 2.38. The van der Waals surface area contributed by atoms with Crippen molar-refractivity contribution < 1.29 is 28.5 Å². The lowest BCUT2D eigenvalue weighted by molar-refractivity contribution is -0.143. The number of ketones is 1. The van der Waals surface area contributed by atoms with Crippen LogP contribution in [0.3, 0.4) is 0 Å². The van der Waals surface area contributed by atoms with Crippen LogP contribution in [-0.4, -0.2) is 26.0 Å². The Morgan fingerprint density at radius 2 is 1.82 bits per heavy atom. The molecule has 0 unspecified atom stereocenters. The Labute approximate surface area is 163 Å². The maximum Gasteiger partial charge on any atom is 0.316 e. The first kappa shape index (κ1) is 19.5. The van der Waals surface area contributed by atoms with Gasteiger partial charge in [0.05, 0.1) is 25.2 Å². The Bertz CT molecular complexity index is 965. The molecule has 0 amide bonds. The van der Waals surface area contributed by atoms with Crippen LogP contribution in [0.1, 0.15) is 36.7 Å². The minimum absolute atomic E-state index is 0.154. The summed E-state index contributed by atoms with van der Waals surface area (Å²) in [4.78, 5) is 24.7. The molecule has 0 atom stereocenters. The Morgan fingerprint density at radius 3 is 2.46 bits per heavy atom. The van der Waals surface area contributed by atoms with Crippen LogP contribution in [0.15, 0.2) is 42.2 Å². The number of allylic oxidation sites excluding steroid dienone is 1. The maximum absolute atomic E-state index is 12.7. The molecule has 0 aliphatic carbocycles. The molecule has 0 fully saturated rings. The smallest absolute Gasteiger partial charge is 0.316 e. The summed E-state index contributed by atoms with van der Waals surface area (Å²) in [7, 11) is 3.07. The van der Waals surface area contributed by atoms with Crippen LogP contribution in [0.4, 0.5) is 0 Å². The first-order chi connectivity index (χ1) is 13.2. The number of fused-ring (bicyclic) bond motifs is 1. The van der Waals surface area contributed by atoms with Gasteiger partial charge in [0.1, 0.15) is 11.5 Å². The molecule has 1 aliphatic heterocycles. The summed E-state index contributed by atoms with van der Waals surface area (Å²) >= 11 is 0. The van der Waals surface area contributed by atoms with E-state index in [1.165, 1.54) is 7.11 Å². The highest BCUT2D eigenvalue weighted by molar-refractivity contribution is 6.14. The van der Waals surface area contributed by atoms with Gasteiger partial charge in [-0.15, -0.1) is 0 Å². The van der Waals surface area contributed by atoms with Crippen molar-refractivity contribution in [3.63, 3.8) is 0 Å². The normalized spacial score (nSPS) is 14.5. The number of hydrogen-bond acceptors (Lipinski definition) is 6. The first-order valence-corrected chi connectivity index (χ1v) is 8.76. The number of methoxy groups -OCH3 is 2. The van der Waals surface area contributed by atoms with Crippen LogP contribution in [0.25, 0.3) is 6.08 Å². The highest BCUT2D eigenvalue weighted by Gasteiger charge is 2.29. The Morgan fingerprint density at radius 1 is 1.07 bits per heavy atom. The predicted molar refractivity (Wildman–Crippen MR) is 104 cm³/mol. The molecule has 3 rings (SSSR count). The highest BCUT2D eigenvalue weighted by atomic mass is 16.5. The Kier molecular flexibility index (Phi) is 5.14. The topological polar surface area (TPSA) is 71.1 Å². The zero-order valence-corrected chi connectivity index (χ0v) is 16.5. The average molecular weight is 382 g/mol. The molecule has 2 aromatic rings. The fourth-order valence-corrected chi connectivity index (χ4v) is 2.66. The molecule has 0 N–H and O–H groups in total. The van der Waals surface area contributed by atoms with Gasteiger partial charge in [-0.05, 0) is 45.0 Å². The standard InChI is InChI=1S/C22H22O6/c1-22(2,3)21(24)27-14-9-10-15-17(12-14)28-18(19(15)23)11-13-7-6-8-16(25-4)20(13)26-5/h6-12H,1-5H3. The number of rotatable bonds is 4. The molecule has 1 heterocycles. The minimum Gasteiger partial charge on any atom is -0.493 e. The van der Waals surface area contributed by atoms with Gasteiger partial charge in [0.2, 0.25) is 5.78 Å². The van der Waals surface area contributed by atoms with Gasteiger partial charge in [-0.25, -0.2) is 0 Å². The molecular formula is C22H22O6. The maximum atomic E-state index is 12.7. The molecule has 0 aromatic heterocycles. The third-order valence-corrected chi connectivity index (χ3v) is 4.18. The molecule has 6 heteroatoms. The van der Waals surface area contributed by atoms with Crippen LogP contribution in [0.2, 0.25) is 0 Å². The van der Waals surface area contributed by atoms with Crippen LogP contribution in [-0.2, 0) is 4.79 Å². The zero-order chi connectivity index (χ0) is 20.5. The monoisotopic (exact) mass is 382 g/mol. The fraction of sp³-hybridized carbons (Fsp3) is 0.273. The van der Waals surface area contributed by atoms with E-state index >= 15 is 0 Å². The van der Waals surface area contributed by atoms with Crippen molar-refractivity contribution in [1.29, 1.82) is 0 Å². The molecule has 28 heavy (non-hydrogen) atoms. The van der Waals surface area contributed by atoms with Gasteiger partial charge in [-0.2, -0.15) is 0 Å². The Hall–Kier alpha value is -3.28. The van der Waals surface area contributed by atoms with Crippen molar-refractivity contribution >= 4 is 17.8 Å². The van der Waals surface area contributed by atoms with Crippen molar-refractivity contribution in [2.45, 2.75) is 20.8 Å². The molecule has 0 saturated carbocycles. The van der Waals surface area contributed by atoms with Crippen molar-refractivity contribution in [1.82, 2.24) is 0 Å². The number of benzene rings is 2. The summed E-state index contributed by atoms with van der Waals surface area (Å²) in [5.41, 5.74) is 0.421. The number of ether oxygens (including phenoxy) is 4. The number of carbonyl (C=O) groups is 2. The number of para-hydroxylation sites is 1. The van der Waals surface area contributed by atoms with Gasteiger partial charge in [0.25, 0.3) is 0 Å². The second-order valence-electron chi connectivity index (χ2n) is 7.32. The van der Waals surface area contributed by atoms with Crippen molar-refractivity contribution in [2.75, 3.05) is 14.2 Å². The van der Waals surface area contributed by atoms with Gasteiger partial charge in [0, 0.05) is 11.6 Å². The number of esters is 1. The summed E-state index contributed by atoms with van der Waals surface area (Å²) < 4.78 is 21.8. The van der Waals surface area contributed by atoms with Gasteiger partial charge in [0.15, 0.2) is 17.3 Å². The molecule has 2 aromatic carbocycles. The van der Waals surface area contributed by atoms with E-state index in [0.717, 1.165) is 0 Å². The second-order valence-corrected chi connectivity index (χ2v) is 7.32. The summed E-state index contributed by atoms with van der Waals surface area (Å²) in [6.07, 6.45) is 1.60. The van der Waals surface area contributed by atoms with E-state index in [4.69, 9.17) is 18.9 Å². The lowest BCUT2D eigenvalue weighted by Crippen LogP contribution is -2.25. The Balaban J connectivity index is 1.90. The van der Waals surface area contributed by atoms with Crippen LogP contribution in [0, 0.1) is 5.41 Å². The SMILES string of the molecule is COc1cccc(C=C2Oc3cc(OC(=O)C(C)(C)C)ccc3C2=O)c1OC. The molecule has 0 spiro atoms. The number of Topliss-reactive ketones (excluding diaryl/α,β-unsaturated/α-hetero) is 1. The van der Waals surface area contributed by atoms with E-state index in [1.807, 2.05) is 0 Å². The van der Waals surface area contributed by atoms with Gasteiger partial charge in [-0.1, -0.05) is 12.1 Å². The summed E-state index contributed by atoms with van der Waals surface area (Å²) in [6, 6.07) is 10.1. The average Bonchev–Trinajstić information content (AvgIpc) is 2.95. The third kappa shape index (κ3) is 3.71.